The van der Waals surface area contributed by atoms with E-state index in [1.165, 1.54) is 43.4 Å². The minimum atomic E-state index is -1.81. The predicted octanol–water partition coefficient (Wildman–Crippen LogP) is 7.17. The number of aliphatic carboxylic acids is 2. The Morgan fingerprint density at radius 3 is 2.39 bits per heavy atom. The van der Waals surface area contributed by atoms with E-state index in [9.17, 15) is 9.59 Å². The molecule has 2 unspecified atom stereocenters. The van der Waals surface area contributed by atoms with Crippen LogP contribution in [0.5, 0.6) is 0 Å². The maximum absolute atomic E-state index is 11.0. The minimum Gasteiger partial charge on any atom is -0.480 e. The number of hydrogen-bond donors (Lipinski definition) is 4. The highest BCUT2D eigenvalue weighted by atomic mass is 16.4. The normalized spacial score (nSPS) is 20.3. The third kappa shape index (κ3) is 8.34. The number of rotatable bonds is 9. The van der Waals surface area contributed by atoms with E-state index < -0.39 is 23.3 Å². The van der Waals surface area contributed by atoms with Crippen LogP contribution in [0.15, 0.2) is 84.7 Å². The molecule has 286 valence electrons. The smallest absolute Gasteiger partial charge is 0.325 e. The lowest BCUT2D eigenvalue weighted by Gasteiger charge is -2.41. The molecule has 0 amide bonds. The highest BCUT2D eigenvalue weighted by molar-refractivity contribution is 6.01. The Labute approximate surface area is 318 Å². The molecule has 0 saturated carbocycles. The Morgan fingerprint density at radius 2 is 1.72 bits per heavy atom. The summed E-state index contributed by atoms with van der Waals surface area (Å²) in [6.07, 6.45) is 12.9. The minimum absolute atomic E-state index is 0.252. The van der Waals surface area contributed by atoms with Crippen molar-refractivity contribution in [2.75, 3.05) is 29.9 Å². The number of nitrogens with one attached hydrogen (secondary N) is 2. The lowest BCUT2D eigenvalue weighted by Crippen LogP contribution is -2.49. The zero-order valence-corrected chi connectivity index (χ0v) is 32.3. The van der Waals surface area contributed by atoms with E-state index in [1.807, 2.05) is 16.8 Å². The average Bonchev–Trinajstić information content (AvgIpc) is 3.81. The van der Waals surface area contributed by atoms with Crippen LogP contribution in [0, 0.1) is 11.3 Å². The van der Waals surface area contributed by atoms with Gasteiger partial charge in [0.25, 0.3) is 0 Å². The van der Waals surface area contributed by atoms with Crippen LogP contribution < -0.4 is 15.5 Å². The van der Waals surface area contributed by atoms with Gasteiger partial charge in [0.05, 0.1) is 11.4 Å². The Hall–Kier alpha value is -5.07. The molecule has 2 saturated heterocycles. The molecule has 3 aliphatic rings. The van der Waals surface area contributed by atoms with Crippen molar-refractivity contribution < 1.29 is 19.8 Å². The van der Waals surface area contributed by atoms with Gasteiger partial charge in [-0.3, -0.25) is 14.5 Å². The first kappa shape index (κ1) is 38.6. The van der Waals surface area contributed by atoms with E-state index in [2.05, 4.69) is 95.6 Å². The number of fused-ring (bicyclic) bond motifs is 1. The number of carboxylic acids is 2. The molecule has 2 fully saturated rings. The first-order chi connectivity index (χ1) is 25.8. The Kier molecular flexibility index (Phi) is 11.5. The molecule has 54 heavy (non-hydrogen) atoms. The van der Waals surface area contributed by atoms with Gasteiger partial charge in [-0.05, 0) is 90.1 Å². The predicted molar refractivity (Wildman–Crippen MR) is 213 cm³/mol. The first-order valence-electron chi connectivity index (χ1n) is 19.0. The summed E-state index contributed by atoms with van der Waals surface area (Å²) in [5, 5.41) is 30.2. The third-order valence-electron chi connectivity index (χ3n) is 11.3. The number of carboxylic acid groups (broad SMARTS) is 2. The van der Waals surface area contributed by atoms with Crippen LogP contribution in [-0.4, -0.2) is 83.9 Å². The van der Waals surface area contributed by atoms with Crippen LogP contribution in [0.1, 0.15) is 72.8 Å². The van der Waals surface area contributed by atoms with Gasteiger partial charge in [0, 0.05) is 67.7 Å². The van der Waals surface area contributed by atoms with Crippen LogP contribution in [0.2, 0.25) is 0 Å². The summed E-state index contributed by atoms with van der Waals surface area (Å²) in [6.45, 7) is 16.8. The molecule has 12 nitrogen and oxygen atoms in total. The largest absolute Gasteiger partial charge is 0.480 e. The molecule has 0 bridgehead atoms. The van der Waals surface area contributed by atoms with Crippen molar-refractivity contribution in [1.82, 2.24) is 29.8 Å². The number of carbonyl (C=O) groups is 2. The summed E-state index contributed by atoms with van der Waals surface area (Å²) in [5.74, 6) is -1.33. The number of likely N-dealkylation sites (tertiary alicyclic amines) is 1. The Balaban J connectivity index is 0.000000300. The zero-order valence-electron chi connectivity index (χ0n) is 32.3. The molecule has 2 atom stereocenters. The fraction of sp³-hybridized carbons (Fsp3) is 0.452. The molecule has 0 radical (unpaired) electrons. The first-order valence-corrected chi connectivity index (χ1v) is 19.0. The van der Waals surface area contributed by atoms with Crippen LogP contribution in [-0.2, 0) is 16.1 Å². The molecule has 1 aromatic carbocycles. The molecule has 12 heteroatoms. The maximum Gasteiger partial charge on any atom is 0.325 e. The molecule has 3 aromatic heterocycles. The number of pyridine rings is 1. The summed E-state index contributed by atoms with van der Waals surface area (Å²) in [7, 11) is 0. The maximum atomic E-state index is 11.0. The van der Waals surface area contributed by atoms with Crippen molar-refractivity contribution in [1.29, 1.82) is 0 Å². The van der Waals surface area contributed by atoms with Gasteiger partial charge in [-0.15, -0.1) is 0 Å². The summed E-state index contributed by atoms with van der Waals surface area (Å²) in [4.78, 5) is 36.5. The molecule has 0 spiro atoms. The monoisotopic (exact) mass is 734 g/mol. The molecule has 7 rings (SSSR count). The number of aromatic nitrogens is 4. The van der Waals surface area contributed by atoms with Gasteiger partial charge in [-0.25, -0.2) is 14.5 Å². The number of imidazole rings is 1. The molecular weight excluding hydrogens is 681 g/mol. The third-order valence-corrected chi connectivity index (χ3v) is 11.3. The number of nitrogens with zero attached hydrogens (tertiary/aromatic N) is 6. The average molecular weight is 735 g/mol. The fourth-order valence-corrected chi connectivity index (χ4v) is 7.68. The van der Waals surface area contributed by atoms with Gasteiger partial charge in [0.15, 0.2) is 11.1 Å². The SMILES string of the molecule is CC1=CC=CC(C(=O)O)(C(=O)O)C1C.CC1CCCN1c1cccc(Nc2cc(-c3cccc(CNC4CCN(C(C)(C)C)CC4)c3)nn3ccnc23)n1. The van der Waals surface area contributed by atoms with Crippen molar-refractivity contribution in [2.24, 2.45) is 11.3 Å². The molecule has 2 aliphatic heterocycles. The van der Waals surface area contributed by atoms with E-state index in [0.717, 1.165) is 66.0 Å². The quantitative estimate of drug-likeness (QED) is 0.130. The van der Waals surface area contributed by atoms with Crippen molar-refractivity contribution in [3.63, 3.8) is 0 Å². The number of benzene rings is 1. The Morgan fingerprint density at radius 1 is 0.981 bits per heavy atom. The van der Waals surface area contributed by atoms with E-state index in [4.69, 9.17) is 20.3 Å². The van der Waals surface area contributed by atoms with Crippen molar-refractivity contribution in [3.8, 4) is 11.3 Å². The van der Waals surface area contributed by atoms with Gasteiger partial charge in [-0.2, -0.15) is 5.10 Å². The lowest BCUT2D eigenvalue weighted by molar-refractivity contribution is -0.163. The second-order valence-electron chi connectivity index (χ2n) is 15.8. The molecule has 4 N–H and O–H groups in total. The summed E-state index contributed by atoms with van der Waals surface area (Å²) in [5.41, 5.74) is 4.14. The topological polar surface area (TPSA) is 148 Å². The standard InChI is InChI=1S/C32H42N8.C10H12O4/c1-23-8-7-16-39(23)30-12-6-11-29(36-30)35-28-21-27(37-40-19-15-33-31(28)40)25-10-5-9-24(20-25)22-34-26-13-17-38(18-14-26)32(2,3)4;1-6-4-3-5-10(7(6)2,8(11)12)9(13)14/h5-6,9-12,15,19-21,23,26,34H,7-8,13-14,16-18,22H2,1-4H3,(H,35,36);3-5,7H,1-2H3,(H,11,12)(H,13,14). The van der Waals surface area contributed by atoms with Crippen LogP contribution >= 0.6 is 0 Å². The number of anilines is 3. The second kappa shape index (κ2) is 16.1. The van der Waals surface area contributed by atoms with Crippen molar-refractivity contribution in [3.05, 3.63) is 90.3 Å². The number of piperidine rings is 1. The molecular formula is C42H54N8O4. The van der Waals surface area contributed by atoms with Gasteiger partial charge >= 0.3 is 11.9 Å². The van der Waals surface area contributed by atoms with Gasteiger partial charge in [0.1, 0.15) is 11.6 Å². The Bertz CT molecular complexity index is 2010. The molecule has 5 heterocycles. The molecule has 4 aromatic rings. The van der Waals surface area contributed by atoms with E-state index >= 15 is 0 Å². The number of hydrogen-bond acceptors (Lipinski definition) is 9. The second-order valence-corrected chi connectivity index (χ2v) is 15.8. The van der Waals surface area contributed by atoms with Gasteiger partial charge < -0.3 is 25.7 Å². The van der Waals surface area contributed by atoms with Crippen LogP contribution in [0.4, 0.5) is 17.3 Å². The van der Waals surface area contributed by atoms with Gasteiger partial charge in [-0.1, -0.05) is 55.0 Å². The summed E-state index contributed by atoms with van der Waals surface area (Å²) >= 11 is 0. The van der Waals surface area contributed by atoms with Crippen molar-refractivity contribution >= 4 is 34.9 Å². The van der Waals surface area contributed by atoms with Gasteiger partial charge in [0.2, 0.25) is 0 Å². The van der Waals surface area contributed by atoms with E-state index in [-0.39, 0.29) is 5.54 Å². The number of allylic oxidation sites excluding steroid dienone is 3. The lowest BCUT2D eigenvalue weighted by atomic mass is 9.70. The van der Waals surface area contributed by atoms with E-state index in [1.54, 1.807) is 26.1 Å². The fourth-order valence-electron chi connectivity index (χ4n) is 7.68. The van der Waals surface area contributed by atoms with Crippen LogP contribution in [0.25, 0.3) is 16.9 Å². The van der Waals surface area contributed by atoms with Crippen LogP contribution in [0.3, 0.4) is 0 Å². The van der Waals surface area contributed by atoms with Crippen molar-refractivity contribution in [2.45, 2.75) is 91.4 Å². The zero-order chi connectivity index (χ0) is 38.6. The highest BCUT2D eigenvalue weighted by Crippen LogP contribution is 2.38. The van der Waals surface area contributed by atoms with E-state index in [0.29, 0.717) is 12.1 Å². The summed E-state index contributed by atoms with van der Waals surface area (Å²) < 4.78 is 1.85. The summed E-state index contributed by atoms with van der Waals surface area (Å²) in [6, 6.07) is 18.1. The highest BCUT2D eigenvalue weighted by Gasteiger charge is 2.50. The molecule has 1 aliphatic carbocycles.